The van der Waals surface area contributed by atoms with Gasteiger partial charge in [0.25, 0.3) is 17.7 Å². The monoisotopic (exact) mass is 600 g/mol. The first-order valence-electron chi connectivity index (χ1n) is 15.0. The molecule has 11 heteroatoms. The van der Waals surface area contributed by atoms with Crippen molar-refractivity contribution in [3.05, 3.63) is 77.6 Å². The molecule has 0 bridgehead atoms. The number of hydrogen-bond acceptors (Lipinski definition) is 8. The molecule has 5 rings (SSSR count). The summed E-state index contributed by atoms with van der Waals surface area (Å²) in [5.41, 5.74) is 8.71. The molecule has 0 unspecified atom stereocenters. The largest absolute Gasteiger partial charge is 0.493 e. The Balaban J connectivity index is 1.38. The molecule has 1 aromatic heterocycles. The molecule has 44 heavy (non-hydrogen) atoms. The number of benzene rings is 2. The summed E-state index contributed by atoms with van der Waals surface area (Å²) in [4.78, 5) is 48.0. The lowest BCUT2D eigenvalue weighted by Crippen LogP contribution is -2.40. The van der Waals surface area contributed by atoms with E-state index in [2.05, 4.69) is 20.5 Å². The van der Waals surface area contributed by atoms with Crippen LogP contribution in [0.4, 0.5) is 11.4 Å². The number of rotatable bonds is 8. The van der Waals surface area contributed by atoms with Gasteiger partial charge < -0.3 is 35.6 Å². The van der Waals surface area contributed by atoms with Gasteiger partial charge >= 0.3 is 0 Å². The van der Waals surface area contributed by atoms with Crippen molar-refractivity contribution < 1.29 is 23.9 Å². The topological polar surface area (TPSA) is 139 Å². The van der Waals surface area contributed by atoms with Crippen molar-refractivity contribution in [2.75, 3.05) is 50.6 Å². The third-order valence-electron chi connectivity index (χ3n) is 8.29. The Bertz CT molecular complexity index is 1470. The van der Waals surface area contributed by atoms with E-state index >= 15 is 0 Å². The fourth-order valence-corrected chi connectivity index (χ4v) is 5.79. The minimum atomic E-state index is -0.353. The molecule has 4 N–H and O–H groups in total. The van der Waals surface area contributed by atoms with Gasteiger partial charge in [0, 0.05) is 61.8 Å². The lowest BCUT2D eigenvalue weighted by atomic mass is 9.91. The number of methoxy groups -OCH3 is 2. The first kappa shape index (κ1) is 30.8. The highest BCUT2D eigenvalue weighted by Gasteiger charge is 2.25. The van der Waals surface area contributed by atoms with Crippen molar-refractivity contribution in [1.29, 1.82) is 0 Å². The van der Waals surface area contributed by atoms with Gasteiger partial charge in [-0.05, 0) is 80.6 Å². The molecule has 0 radical (unpaired) electrons. The molecule has 232 valence electrons. The number of hydrogen-bond donors (Lipinski definition) is 3. The maximum Gasteiger partial charge on any atom is 0.255 e. The summed E-state index contributed by atoms with van der Waals surface area (Å²) in [6.45, 7) is 2.33. The van der Waals surface area contributed by atoms with E-state index in [1.54, 1.807) is 54.9 Å². The number of carbonyl (C=O) groups is 3. The molecule has 0 atom stereocenters. The third-order valence-corrected chi connectivity index (χ3v) is 8.29. The third kappa shape index (κ3) is 7.28. The van der Waals surface area contributed by atoms with Crippen molar-refractivity contribution in [1.82, 2.24) is 15.2 Å². The standard InChI is InChI=1S/C33H40N6O5/c1-43-29-13-7-23(20-30(29)44-2)32(41)37-27-19-22(31(40)36-26-10-8-25(34)9-11-26)6-12-28(27)38-15-4-16-39(18-17-38)33(42)24-5-3-14-35-21-24/h3,5-7,12-14,19-21,25-26H,4,8-11,15-18,34H2,1-2H3,(H,36,40)(H,37,41). The Hall–Kier alpha value is -4.64. The van der Waals surface area contributed by atoms with Crippen LogP contribution >= 0.6 is 0 Å². The minimum Gasteiger partial charge on any atom is -0.493 e. The molecule has 1 aliphatic heterocycles. The van der Waals surface area contributed by atoms with Gasteiger partial charge in [0.15, 0.2) is 11.5 Å². The first-order valence-corrected chi connectivity index (χ1v) is 15.0. The Morgan fingerprint density at radius 1 is 0.841 bits per heavy atom. The summed E-state index contributed by atoms with van der Waals surface area (Å²) in [5.74, 6) is 0.350. The van der Waals surface area contributed by atoms with Crippen LogP contribution in [0, 0.1) is 0 Å². The van der Waals surface area contributed by atoms with Crippen molar-refractivity contribution in [3.8, 4) is 11.5 Å². The fraction of sp³-hybridized carbons (Fsp3) is 0.394. The molecule has 2 aromatic carbocycles. The Kier molecular flexibility index (Phi) is 9.96. The molecule has 1 saturated carbocycles. The minimum absolute atomic E-state index is 0.0578. The normalized spacial score (nSPS) is 18.6. The van der Waals surface area contributed by atoms with E-state index in [1.165, 1.54) is 14.2 Å². The summed E-state index contributed by atoms with van der Waals surface area (Å²) < 4.78 is 10.7. The van der Waals surface area contributed by atoms with Crippen LogP contribution in [0.2, 0.25) is 0 Å². The van der Waals surface area contributed by atoms with Crippen molar-refractivity contribution in [2.45, 2.75) is 44.2 Å². The molecule has 0 spiro atoms. The second-order valence-electron chi connectivity index (χ2n) is 11.2. The van der Waals surface area contributed by atoms with E-state index in [0.717, 1.165) is 37.8 Å². The smallest absolute Gasteiger partial charge is 0.255 e. The van der Waals surface area contributed by atoms with Crippen LogP contribution in [0.15, 0.2) is 60.9 Å². The molecular weight excluding hydrogens is 560 g/mol. The Labute approximate surface area is 257 Å². The van der Waals surface area contributed by atoms with Gasteiger partial charge in [-0.2, -0.15) is 0 Å². The molecule has 3 aromatic rings. The predicted octanol–water partition coefficient (Wildman–Crippen LogP) is 3.70. The van der Waals surface area contributed by atoms with Crippen molar-refractivity contribution >= 4 is 29.1 Å². The summed E-state index contributed by atoms with van der Waals surface area (Å²) in [6, 6.07) is 14.1. The molecular formula is C33H40N6O5. The molecule has 2 heterocycles. The van der Waals surface area contributed by atoms with E-state index < -0.39 is 0 Å². The number of amides is 3. The van der Waals surface area contributed by atoms with E-state index in [9.17, 15) is 14.4 Å². The molecule has 2 fully saturated rings. The van der Waals surface area contributed by atoms with Gasteiger partial charge in [-0.25, -0.2) is 0 Å². The zero-order valence-electron chi connectivity index (χ0n) is 25.3. The zero-order chi connectivity index (χ0) is 31.1. The van der Waals surface area contributed by atoms with Crippen LogP contribution in [0.1, 0.15) is 63.2 Å². The maximum atomic E-state index is 13.5. The van der Waals surface area contributed by atoms with Crippen LogP contribution < -0.4 is 30.7 Å². The zero-order valence-corrected chi connectivity index (χ0v) is 25.3. The molecule has 1 saturated heterocycles. The van der Waals surface area contributed by atoms with Gasteiger partial charge in [0.2, 0.25) is 0 Å². The lowest BCUT2D eigenvalue weighted by Gasteiger charge is -2.28. The van der Waals surface area contributed by atoms with Crippen LogP contribution in [-0.4, -0.2) is 80.1 Å². The second kappa shape index (κ2) is 14.2. The predicted molar refractivity (Wildman–Crippen MR) is 169 cm³/mol. The molecule has 11 nitrogen and oxygen atoms in total. The van der Waals surface area contributed by atoms with E-state index in [-0.39, 0.29) is 29.8 Å². The van der Waals surface area contributed by atoms with E-state index in [1.807, 2.05) is 11.0 Å². The van der Waals surface area contributed by atoms with Crippen LogP contribution in [-0.2, 0) is 0 Å². The SMILES string of the molecule is COc1ccc(C(=O)Nc2cc(C(=O)NC3CCC(N)CC3)ccc2N2CCCN(C(=O)c3cccnc3)CC2)cc1OC. The summed E-state index contributed by atoms with van der Waals surface area (Å²) >= 11 is 0. The quantitative estimate of drug-likeness (QED) is 0.356. The number of carbonyl (C=O) groups excluding carboxylic acids is 3. The van der Waals surface area contributed by atoms with Crippen LogP contribution in [0.25, 0.3) is 0 Å². The molecule has 2 aliphatic rings. The van der Waals surface area contributed by atoms with Crippen LogP contribution in [0.5, 0.6) is 11.5 Å². The number of nitrogens with two attached hydrogens (primary N) is 1. The Morgan fingerprint density at radius 3 is 2.32 bits per heavy atom. The van der Waals surface area contributed by atoms with Gasteiger partial charge in [-0.3, -0.25) is 19.4 Å². The van der Waals surface area contributed by atoms with Crippen molar-refractivity contribution in [2.24, 2.45) is 5.73 Å². The number of nitrogens with one attached hydrogen (secondary N) is 2. The Morgan fingerprint density at radius 2 is 1.59 bits per heavy atom. The van der Waals surface area contributed by atoms with Gasteiger partial charge in [0.1, 0.15) is 0 Å². The highest BCUT2D eigenvalue weighted by Crippen LogP contribution is 2.31. The first-order chi connectivity index (χ1) is 21.4. The van der Waals surface area contributed by atoms with Gasteiger partial charge in [-0.1, -0.05) is 0 Å². The van der Waals surface area contributed by atoms with Gasteiger partial charge in [0.05, 0.1) is 31.2 Å². The molecule has 1 aliphatic carbocycles. The fourth-order valence-electron chi connectivity index (χ4n) is 5.79. The summed E-state index contributed by atoms with van der Waals surface area (Å²) in [7, 11) is 3.05. The van der Waals surface area contributed by atoms with Gasteiger partial charge in [-0.15, -0.1) is 0 Å². The lowest BCUT2D eigenvalue weighted by molar-refractivity contribution is 0.0766. The number of anilines is 2. The number of ether oxygens (including phenoxy) is 2. The highest BCUT2D eigenvalue weighted by atomic mass is 16.5. The summed E-state index contributed by atoms with van der Waals surface area (Å²) in [5, 5.41) is 6.17. The maximum absolute atomic E-state index is 13.5. The average Bonchev–Trinajstić information content (AvgIpc) is 3.31. The number of aromatic nitrogens is 1. The van der Waals surface area contributed by atoms with E-state index in [4.69, 9.17) is 15.2 Å². The highest BCUT2D eigenvalue weighted by molar-refractivity contribution is 6.07. The van der Waals surface area contributed by atoms with Crippen LogP contribution in [0.3, 0.4) is 0 Å². The second-order valence-corrected chi connectivity index (χ2v) is 11.2. The summed E-state index contributed by atoms with van der Waals surface area (Å²) in [6.07, 6.45) is 7.41. The van der Waals surface area contributed by atoms with Crippen molar-refractivity contribution in [3.63, 3.8) is 0 Å². The average molecular weight is 601 g/mol. The van der Waals surface area contributed by atoms with E-state index in [0.29, 0.717) is 60.1 Å². The number of nitrogens with zero attached hydrogens (tertiary/aromatic N) is 3. The number of pyridine rings is 1. The molecule has 3 amide bonds.